The third-order valence-electron chi connectivity index (χ3n) is 3.56. The van der Waals surface area contributed by atoms with Crippen LogP contribution in [-0.2, 0) is 6.54 Å². The smallest absolute Gasteiger partial charge is 0.0178 e. The Hall–Kier alpha value is -1.60. The van der Waals surface area contributed by atoms with E-state index in [-0.39, 0.29) is 0 Å². The zero-order chi connectivity index (χ0) is 12.4. The van der Waals surface area contributed by atoms with Gasteiger partial charge in [0.2, 0.25) is 0 Å². The van der Waals surface area contributed by atoms with Crippen LogP contribution in [0.1, 0.15) is 22.3 Å². The van der Waals surface area contributed by atoms with Crippen LogP contribution < -0.4 is 5.73 Å². The number of hydrogen-bond acceptors (Lipinski definition) is 1. The Bertz CT molecular complexity index is 524. The van der Waals surface area contributed by atoms with Crippen molar-refractivity contribution in [3.63, 3.8) is 0 Å². The Morgan fingerprint density at radius 3 is 2.06 bits per heavy atom. The predicted molar refractivity (Wildman–Crippen MR) is 74.0 cm³/mol. The fourth-order valence-electron chi connectivity index (χ4n) is 2.09. The average molecular weight is 225 g/mol. The maximum absolute atomic E-state index is 5.61. The van der Waals surface area contributed by atoms with Gasteiger partial charge in [0.05, 0.1) is 0 Å². The summed E-state index contributed by atoms with van der Waals surface area (Å²) in [4.78, 5) is 0. The first kappa shape index (κ1) is 11.9. The Labute approximate surface area is 103 Å². The van der Waals surface area contributed by atoms with Crippen molar-refractivity contribution in [1.82, 2.24) is 0 Å². The summed E-state index contributed by atoms with van der Waals surface area (Å²) in [5.74, 6) is 0. The van der Waals surface area contributed by atoms with Gasteiger partial charge in [0.25, 0.3) is 0 Å². The van der Waals surface area contributed by atoms with E-state index in [4.69, 9.17) is 5.73 Å². The highest BCUT2D eigenvalue weighted by atomic mass is 14.5. The van der Waals surface area contributed by atoms with E-state index in [2.05, 4.69) is 57.2 Å². The molecule has 17 heavy (non-hydrogen) atoms. The SMILES string of the molecule is Cc1ccc(-c2ccc(CN)cc2)c(C)c1C. The van der Waals surface area contributed by atoms with Crippen LogP contribution in [0.25, 0.3) is 11.1 Å². The lowest BCUT2D eigenvalue weighted by Gasteiger charge is -2.11. The normalized spacial score (nSPS) is 10.6. The van der Waals surface area contributed by atoms with Gasteiger partial charge in [-0.05, 0) is 54.2 Å². The zero-order valence-corrected chi connectivity index (χ0v) is 10.7. The Morgan fingerprint density at radius 2 is 1.47 bits per heavy atom. The second-order valence-corrected chi connectivity index (χ2v) is 4.58. The highest BCUT2D eigenvalue weighted by Gasteiger charge is 2.05. The molecule has 0 aliphatic rings. The van der Waals surface area contributed by atoms with Gasteiger partial charge in [0.1, 0.15) is 0 Å². The molecule has 0 saturated heterocycles. The lowest BCUT2D eigenvalue weighted by molar-refractivity contribution is 1.07. The van der Waals surface area contributed by atoms with E-state index >= 15 is 0 Å². The largest absolute Gasteiger partial charge is 0.326 e. The molecule has 88 valence electrons. The molecule has 0 spiro atoms. The second-order valence-electron chi connectivity index (χ2n) is 4.58. The molecule has 0 heterocycles. The van der Waals surface area contributed by atoms with Gasteiger partial charge in [-0.1, -0.05) is 36.4 Å². The van der Waals surface area contributed by atoms with E-state index in [1.54, 1.807) is 0 Å². The lowest BCUT2D eigenvalue weighted by Crippen LogP contribution is -1.96. The van der Waals surface area contributed by atoms with Crippen molar-refractivity contribution in [3.05, 3.63) is 58.7 Å². The van der Waals surface area contributed by atoms with Crippen molar-refractivity contribution in [2.45, 2.75) is 27.3 Å². The minimum absolute atomic E-state index is 0.603. The van der Waals surface area contributed by atoms with Gasteiger partial charge >= 0.3 is 0 Å². The molecule has 2 rings (SSSR count). The number of benzene rings is 2. The monoisotopic (exact) mass is 225 g/mol. The van der Waals surface area contributed by atoms with E-state index < -0.39 is 0 Å². The Morgan fingerprint density at radius 1 is 0.824 bits per heavy atom. The standard InChI is InChI=1S/C16H19N/c1-11-4-9-16(13(3)12(11)2)15-7-5-14(10-17)6-8-15/h4-9H,10,17H2,1-3H3. The summed E-state index contributed by atoms with van der Waals surface area (Å²) in [5, 5.41) is 0. The first-order chi connectivity index (χ1) is 8.13. The Balaban J connectivity index is 2.49. The number of aryl methyl sites for hydroxylation is 1. The van der Waals surface area contributed by atoms with E-state index in [0.29, 0.717) is 6.54 Å². The number of hydrogen-bond donors (Lipinski definition) is 1. The molecule has 1 heteroatoms. The van der Waals surface area contributed by atoms with Gasteiger partial charge in [0, 0.05) is 6.54 Å². The third-order valence-corrected chi connectivity index (χ3v) is 3.56. The van der Waals surface area contributed by atoms with Crippen molar-refractivity contribution in [2.24, 2.45) is 5.73 Å². The molecule has 2 N–H and O–H groups in total. The fourth-order valence-corrected chi connectivity index (χ4v) is 2.09. The summed E-state index contributed by atoms with van der Waals surface area (Å²) >= 11 is 0. The first-order valence-electron chi connectivity index (χ1n) is 5.99. The van der Waals surface area contributed by atoms with E-state index in [9.17, 15) is 0 Å². The van der Waals surface area contributed by atoms with Crippen LogP contribution in [0.4, 0.5) is 0 Å². The van der Waals surface area contributed by atoms with Gasteiger partial charge in [0.15, 0.2) is 0 Å². The van der Waals surface area contributed by atoms with E-state index in [0.717, 1.165) is 0 Å². The molecule has 0 aliphatic carbocycles. The van der Waals surface area contributed by atoms with Crippen LogP contribution in [0.15, 0.2) is 36.4 Å². The quantitative estimate of drug-likeness (QED) is 0.828. The molecule has 0 radical (unpaired) electrons. The molecule has 0 aliphatic heterocycles. The molecule has 0 unspecified atom stereocenters. The van der Waals surface area contributed by atoms with Gasteiger partial charge in [-0.3, -0.25) is 0 Å². The maximum Gasteiger partial charge on any atom is 0.0178 e. The first-order valence-corrected chi connectivity index (χ1v) is 5.99. The summed E-state index contributed by atoms with van der Waals surface area (Å²) in [6.07, 6.45) is 0. The van der Waals surface area contributed by atoms with Crippen molar-refractivity contribution >= 4 is 0 Å². The summed E-state index contributed by atoms with van der Waals surface area (Å²) in [6, 6.07) is 12.9. The van der Waals surface area contributed by atoms with Crippen molar-refractivity contribution in [1.29, 1.82) is 0 Å². The van der Waals surface area contributed by atoms with Crippen molar-refractivity contribution in [3.8, 4) is 11.1 Å². The maximum atomic E-state index is 5.61. The molecule has 0 saturated carbocycles. The molecule has 0 aromatic heterocycles. The second kappa shape index (κ2) is 4.72. The molecule has 0 atom stereocenters. The summed E-state index contributed by atoms with van der Waals surface area (Å²) < 4.78 is 0. The molecule has 2 aromatic carbocycles. The minimum atomic E-state index is 0.603. The van der Waals surface area contributed by atoms with Crippen molar-refractivity contribution in [2.75, 3.05) is 0 Å². The zero-order valence-electron chi connectivity index (χ0n) is 10.7. The minimum Gasteiger partial charge on any atom is -0.326 e. The highest BCUT2D eigenvalue weighted by Crippen LogP contribution is 2.27. The van der Waals surface area contributed by atoms with Crippen LogP contribution in [0.5, 0.6) is 0 Å². The van der Waals surface area contributed by atoms with Crippen LogP contribution in [0, 0.1) is 20.8 Å². The predicted octanol–water partition coefficient (Wildman–Crippen LogP) is 3.74. The summed E-state index contributed by atoms with van der Waals surface area (Å²) in [7, 11) is 0. The van der Waals surface area contributed by atoms with Crippen LogP contribution in [0.3, 0.4) is 0 Å². The fraction of sp³-hybridized carbons (Fsp3) is 0.250. The number of rotatable bonds is 2. The third kappa shape index (κ3) is 2.25. The van der Waals surface area contributed by atoms with Gasteiger partial charge in [-0.2, -0.15) is 0 Å². The van der Waals surface area contributed by atoms with Gasteiger partial charge in [-0.15, -0.1) is 0 Å². The van der Waals surface area contributed by atoms with Gasteiger partial charge in [-0.25, -0.2) is 0 Å². The Kier molecular flexibility index (Phi) is 3.30. The van der Waals surface area contributed by atoms with Crippen LogP contribution in [0.2, 0.25) is 0 Å². The average Bonchev–Trinajstić information content (AvgIpc) is 2.36. The lowest BCUT2D eigenvalue weighted by atomic mass is 9.94. The topological polar surface area (TPSA) is 26.0 Å². The van der Waals surface area contributed by atoms with E-state index in [1.165, 1.54) is 33.4 Å². The number of nitrogens with two attached hydrogens (primary N) is 1. The molecule has 1 nitrogen and oxygen atoms in total. The van der Waals surface area contributed by atoms with Crippen LogP contribution >= 0.6 is 0 Å². The summed E-state index contributed by atoms with van der Waals surface area (Å²) in [6.45, 7) is 7.13. The molecular formula is C16H19N. The molecule has 0 amide bonds. The molecule has 0 fully saturated rings. The molecule has 2 aromatic rings. The molecule has 0 bridgehead atoms. The van der Waals surface area contributed by atoms with Crippen LogP contribution in [-0.4, -0.2) is 0 Å². The van der Waals surface area contributed by atoms with Crippen molar-refractivity contribution < 1.29 is 0 Å². The van der Waals surface area contributed by atoms with Gasteiger partial charge < -0.3 is 5.73 Å². The molecular weight excluding hydrogens is 206 g/mol. The van der Waals surface area contributed by atoms with E-state index in [1.807, 2.05) is 0 Å². The summed E-state index contributed by atoms with van der Waals surface area (Å²) in [5.41, 5.74) is 13.5. The highest BCUT2D eigenvalue weighted by molar-refractivity contribution is 5.69.